The summed E-state index contributed by atoms with van der Waals surface area (Å²) in [6.45, 7) is 2.79. The van der Waals surface area contributed by atoms with Gasteiger partial charge in [-0.25, -0.2) is 14.0 Å². The van der Waals surface area contributed by atoms with E-state index in [4.69, 9.17) is 9.47 Å². The molecule has 7 heteroatoms. The van der Waals surface area contributed by atoms with Gasteiger partial charge in [0.1, 0.15) is 6.29 Å². The number of carbonyl (C=O) groups is 3. The van der Waals surface area contributed by atoms with E-state index in [1.807, 2.05) is 0 Å². The molecule has 0 heterocycles. The Labute approximate surface area is 142 Å². The zero-order valence-electron chi connectivity index (χ0n) is 12.9. The Morgan fingerprint density at radius 3 is 2.17 bits per heavy atom. The third-order valence-corrected chi connectivity index (χ3v) is 3.96. The summed E-state index contributed by atoms with van der Waals surface area (Å²) >= 11 is 3.25. The first-order valence-electron chi connectivity index (χ1n) is 7.14. The van der Waals surface area contributed by atoms with E-state index in [1.165, 1.54) is 19.9 Å². The van der Waals surface area contributed by atoms with Gasteiger partial charge in [-0.2, -0.15) is 0 Å². The summed E-state index contributed by atoms with van der Waals surface area (Å²) in [5, 5.41) is 0. The summed E-state index contributed by atoms with van der Waals surface area (Å²) in [6, 6.07) is 6.48. The van der Waals surface area contributed by atoms with Gasteiger partial charge in [-0.15, -0.1) is 0 Å². The highest BCUT2D eigenvalue weighted by Gasteiger charge is 2.57. The number of esters is 2. The fourth-order valence-electron chi connectivity index (χ4n) is 2.20. The molecule has 0 N–H and O–H groups in total. The van der Waals surface area contributed by atoms with E-state index in [1.54, 1.807) is 18.2 Å². The van der Waals surface area contributed by atoms with Crippen LogP contribution in [0.5, 0.6) is 0 Å². The van der Waals surface area contributed by atoms with Crippen LogP contribution in [0.2, 0.25) is 0 Å². The molecule has 0 saturated carbocycles. The van der Waals surface area contributed by atoms with Gasteiger partial charge in [-0.05, 0) is 25.5 Å². The summed E-state index contributed by atoms with van der Waals surface area (Å²) in [7, 11) is 0. The minimum Gasteiger partial charge on any atom is -0.463 e. The molecule has 1 aromatic rings. The zero-order valence-corrected chi connectivity index (χ0v) is 14.5. The molecule has 0 fully saturated rings. The maximum atomic E-state index is 15.5. The standard InChI is InChI=1S/C16H18BrFO5/c1-3-22-14(20)16(18,15(21)23-4-2)12(9-10-19)11-7-5-6-8-13(11)17/h5-8,10,12H,3-4,9H2,1-2H3/t12-/m0/s1. The Balaban J connectivity index is 3.44. The fraction of sp³-hybridized carbons (Fsp3) is 0.438. The van der Waals surface area contributed by atoms with E-state index in [9.17, 15) is 14.4 Å². The number of alkyl halides is 1. The van der Waals surface area contributed by atoms with Gasteiger partial charge in [0.15, 0.2) is 0 Å². The summed E-state index contributed by atoms with van der Waals surface area (Å²) in [5.74, 6) is -4.07. The molecule has 0 amide bonds. The Bertz CT molecular complexity index is 557. The molecular weight excluding hydrogens is 371 g/mol. The van der Waals surface area contributed by atoms with Gasteiger partial charge in [0.2, 0.25) is 0 Å². The molecule has 126 valence electrons. The highest BCUT2D eigenvalue weighted by molar-refractivity contribution is 9.10. The SMILES string of the molecule is CCOC(=O)C(F)(C(=O)OCC)[C@@H](CC=O)c1ccccc1Br. The highest BCUT2D eigenvalue weighted by Crippen LogP contribution is 2.39. The van der Waals surface area contributed by atoms with Crippen LogP contribution in [0.3, 0.4) is 0 Å². The molecule has 0 bridgehead atoms. The number of rotatable bonds is 8. The van der Waals surface area contributed by atoms with Crippen LogP contribution in [-0.2, 0) is 23.9 Å². The molecule has 0 aliphatic rings. The maximum absolute atomic E-state index is 15.5. The fourth-order valence-corrected chi connectivity index (χ4v) is 2.76. The van der Waals surface area contributed by atoms with Crippen molar-refractivity contribution >= 4 is 34.2 Å². The van der Waals surface area contributed by atoms with Crippen molar-refractivity contribution < 1.29 is 28.2 Å². The van der Waals surface area contributed by atoms with Crippen molar-refractivity contribution in [3.8, 4) is 0 Å². The number of ether oxygens (including phenoxy) is 2. The van der Waals surface area contributed by atoms with Crippen LogP contribution in [0.25, 0.3) is 0 Å². The van der Waals surface area contributed by atoms with Crippen molar-refractivity contribution in [2.24, 2.45) is 0 Å². The summed E-state index contributed by atoms with van der Waals surface area (Å²) in [4.78, 5) is 35.3. The number of aldehydes is 1. The van der Waals surface area contributed by atoms with Gasteiger partial charge < -0.3 is 14.3 Å². The first-order chi connectivity index (χ1) is 10.9. The normalized spacial score (nSPS) is 12.3. The molecule has 0 aromatic heterocycles. The predicted octanol–water partition coefficient (Wildman–Crippen LogP) is 2.96. The minimum atomic E-state index is -3.10. The molecule has 0 radical (unpaired) electrons. The maximum Gasteiger partial charge on any atom is 0.356 e. The van der Waals surface area contributed by atoms with Crippen molar-refractivity contribution in [2.45, 2.75) is 31.9 Å². The van der Waals surface area contributed by atoms with Gasteiger partial charge >= 0.3 is 17.6 Å². The Kier molecular flexibility index (Phi) is 7.35. The van der Waals surface area contributed by atoms with E-state index in [-0.39, 0.29) is 19.6 Å². The Morgan fingerprint density at radius 1 is 1.22 bits per heavy atom. The number of hydrogen-bond donors (Lipinski definition) is 0. The molecule has 5 nitrogen and oxygen atoms in total. The van der Waals surface area contributed by atoms with Gasteiger partial charge in [-0.3, -0.25) is 0 Å². The molecule has 1 rings (SSSR count). The predicted molar refractivity (Wildman–Crippen MR) is 84.7 cm³/mol. The van der Waals surface area contributed by atoms with Crippen LogP contribution in [0.4, 0.5) is 4.39 Å². The number of hydrogen-bond acceptors (Lipinski definition) is 5. The molecule has 0 saturated heterocycles. The summed E-state index contributed by atoms with van der Waals surface area (Å²) < 4.78 is 25.5. The van der Waals surface area contributed by atoms with Gasteiger partial charge in [-0.1, -0.05) is 34.1 Å². The Morgan fingerprint density at radius 2 is 1.74 bits per heavy atom. The van der Waals surface area contributed by atoms with E-state index < -0.39 is 23.5 Å². The average Bonchev–Trinajstić information content (AvgIpc) is 2.53. The monoisotopic (exact) mass is 388 g/mol. The van der Waals surface area contributed by atoms with Crippen LogP contribution in [0.1, 0.15) is 31.7 Å². The van der Waals surface area contributed by atoms with Crippen LogP contribution in [-0.4, -0.2) is 37.1 Å². The largest absolute Gasteiger partial charge is 0.463 e. The zero-order chi connectivity index (χ0) is 17.5. The molecule has 1 atom stereocenters. The molecular formula is C16H18BrFO5. The lowest BCUT2D eigenvalue weighted by atomic mass is 9.81. The van der Waals surface area contributed by atoms with E-state index in [0.717, 1.165) is 0 Å². The topological polar surface area (TPSA) is 69.7 Å². The second-order valence-electron chi connectivity index (χ2n) is 4.63. The summed E-state index contributed by atoms with van der Waals surface area (Å²) in [6.07, 6.45) is 0.0770. The summed E-state index contributed by atoms with van der Waals surface area (Å²) in [5.41, 5.74) is -2.79. The van der Waals surface area contributed by atoms with Crippen LogP contribution in [0.15, 0.2) is 28.7 Å². The second kappa shape index (κ2) is 8.76. The molecule has 23 heavy (non-hydrogen) atoms. The second-order valence-corrected chi connectivity index (χ2v) is 5.48. The van der Waals surface area contributed by atoms with Gasteiger partial charge in [0, 0.05) is 16.8 Å². The number of carbonyl (C=O) groups excluding carboxylic acids is 3. The van der Waals surface area contributed by atoms with Crippen molar-refractivity contribution in [1.29, 1.82) is 0 Å². The lowest BCUT2D eigenvalue weighted by Gasteiger charge is -2.29. The highest BCUT2D eigenvalue weighted by atomic mass is 79.9. The third kappa shape index (κ3) is 4.16. The Hall–Kier alpha value is -1.76. The van der Waals surface area contributed by atoms with Crippen LogP contribution >= 0.6 is 15.9 Å². The van der Waals surface area contributed by atoms with E-state index in [0.29, 0.717) is 16.3 Å². The third-order valence-electron chi connectivity index (χ3n) is 3.24. The molecule has 0 aliphatic carbocycles. The molecule has 0 aliphatic heterocycles. The quantitative estimate of drug-likeness (QED) is 0.389. The van der Waals surface area contributed by atoms with Gasteiger partial charge in [0.25, 0.3) is 0 Å². The molecule has 0 unspecified atom stereocenters. The molecule has 0 spiro atoms. The van der Waals surface area contributed by atoms with Gasteiger partial charge in [0.05, 0.1) is 13.2 Å². The van der Waals surface area contributed by atoms with E-state index >= 15 is 4.39 Å². The lowest BCUT2D eigenvalue weighted by molar-refractivity contribution is -0.176. The van der Waals surface area contributed by atoms with Crippen molar-refractivity contribution in [3.05, 3.63) is 34.3 Å². The van der Waals surface area contributed by atoms with Crippen LogP contribution in [0, 0.1) is 0 Å². The van der Waals surface area contributed by atoms with E-state index in [2.05, 4.69) is 15.9 Å². The lowest BCUT2D eigenvalue weighted by Crippen LogP contribution is -2.50. The average molecular weight is 389 g/mol. The smallest absolute Gasteiger partial charge is 0.356 e. The first kappa shape index (κ1) is 19.3. The van der Waals surface area contributed by atoms with Crippen molar-refractivity contribution in [1.82, 2.24) is 0 Å². The number of halogens is 2. The van der Waals surface area contributed by atoms with Crippen molar-refractivity contribution in [3.63, 3.8) is 0 Å². The van der Waals surface area contributed by atoms with Crippen LogP contribution < -0.4 is 0 Å². The molecule has 1 aromatic carbocycles. The number of benzene rings is 1. The first-order valence-corrected chi connectivity index (χ1v) is 7.94. The minimum absolute atomic E-state index is 0.103. The van der Waals surface area contributed by atoms with Crippen molar-refractivity contribution in [2.75, 3.05) is 13.2 Å².